The van der Waals surface area contributed by atoms with E-state index < -0.39 is 27.7 Å². The molecule has 0 bridgehead atoms. The Morgan fingerprint density at radius 2 is 1.61 bits per heavy atom. The standard InChI is InChI=1S/C27H24FN3O4S/c28-20-10-15-26(30-17-20)27(33)24-8-4-5-9-25(24)31-36(34,35)23-13-11-21(12-14-23)29-18-22(32)16-19-6-2-1-3-7-19/h1-15,17,22,29,31-32H,16,18H2. The molecule has 3 N–H and O–H groups in total. The predicted molar refractivity (Wildman–Crippen MR) is 136 cm³/mol. The maximum absolute atomic E-state index is 13.2. The van der Waals surface area contributed by atoms with Crippen LogP contribution in [0.3, 0.4) is 0 Å². The number of hydrogen-bond donors (Lipinski definition) is 3. The van der Waals surface area contributed by atoms with Crippen molar-refractivity contribution in [1.29, 1.82) is 0 Å². The number of ketones is 1. The van der Waals surface area contributed by atoms with Crippen LogP contribution in [0.2, 0.25) is 0 Å². The lowest BCUT2D eigenvalue weighted by Crippen LogP contribution is -2.22. The molecule has 1 heterocycles. The summed E-state index contributed by atoms with van der Waals surface area (Å²) >= 11 is 0. The zero-order chi connectivity index (χ0) is 25.5. The molecule has 0 saturated heterocycles. The fourth-order valence-electron chi connectivity index (χ4n) is 3.57. The van der Waals surface area contributed by atoms with Crippen LogP contribution < -0.4 is 10.0 Å². The van der Waals surface area contributed by atoms with E-state index in [0.29, 0.717) is 18.7 Å². The number of carbonyl (C=O) groups is 1. The Hall–Kier alpha value is -4.08. The average Bonchev–Trinajstić information content (AvgIpc) is 2.88. The molecule has 1 atom stereocenters. The molecule has 0 aliphatic carbocycles. The highest BCUT2D eigenvalue weighted by Crippen LogP contribution is 2.23. The lowest BCUT2D eigenvalue weighted by atomic mass is 10.1. The molecule has 0 fully saturated rings. The maximum atomic E-state index is 13.2. The third-order valence-electron chi connectivity index (χ3n) is 5.40. The minimum absolute atomic E-state index is 0.0000400. The molecule has 4 aromatic rings. The molecule has 7 nitrogen and oxygen atoms in total. The van der Waals surface area contributed by atoms with E-state index in [-0.39, 0.29) is 21.8 Å². The van der Waals surface area contributed by atoms with Gasteiger partial charge in [-0.25, -0.2) is 17.8 Å². The highest BCUT2D eigenvalue weighted by molar-refractivity contribution is 7.92. The lowest BCUT2D eigenvalue weighted by Gasteiger charge is -2.14. The minimum Gasteiger partial charge on any atom is -0.391 e. The van der Waals surface area contributed by atoms with Gasteiger partial charge in [-0.05, 0) is 54.1 Å². The highest BCUT2D eigenvalue weighted by Gasteiger charge is 2.20. The van der Waals surface area contributed by atoms with Gasteiger partial charge in [0.15, 0.2) is 0 Å². The molecule has 0 radical (unpaired) electrons. The first-order valence-corrected chi connectivity index (χ1v) is 12.6. The second-order valence-corrected chi connectivity index (χ2v) is 9.77. The van der Waals surface area contributed by atoms with Crippen molar-refractivity contribution in [2.75, 3.05) is 16.6 Å². The normalized spacial score (nSPS) is 12.1. The summed E-state index contributed by atoms with van der Waals surface area (Å²) in [5.41, 5.74) is 1.84. The molecular formula is C27H24FN3O4S. The number of nitrogens with one attached hydrogen (secondary N) is 2. The predicted octanol–water partition coefficient (Wildman–Crippen LogP) is 4.27. The van der Waals surface area contributed by atoms with Crippen LogP contribution in [0.4, 0.5) is 15.8 Å². The van der Waals surface area contributed by atoms with Crippen molar-refractivity contribution in [3.05, 3.63) is 120 Å². The molecule has 1 unspecified atom stereocenters. The van der Waals surface area contributed by atoms with E-state index in [4.69, 9.17) is 0 Å². The van der Waals surface area contributed by atoms with Crippen LogP contribution in [0.1, 0.15) is 21.6 Å². The molecule has 0 amide bonds. The van der Waals surface area contributed by atoms with Crippen molar-refractivity contribution in [3.8, 4) is 0 Å². The summed E-state index contributed by atoms with van der Waals surface area (Å²) in [5.74, 6) is -1.12. The number of hydrogen-bond acceptors (Lipinski definition) is 6. The second kappa shape index (κ2) is 11.1. The quantitative estimate of drug-likeness (QED) is 0.278. The van der Waals surface area contributed by atoms with Gasteiger partial charge >= 0.3 is 0 Å². The van der Waals surface area contributed by atoms with Crippen LogP contribution in [0.25, 0.3) is 0 Å². The number of aromatic nitrogens is 1. The fraction of sp³-hybridized carbons (Fsp3) is 0.111. The summed E-state index contributed by atoms with van der Waals surface area (Å²) in [7, 11) is -4.01. The summed E-state index contributed by atoms with van der Waals surface area (Å²) in [6, 6.07) is 24.2. The Morgan fingerprint density at radius 3 is 2.31 bits per heavy atom. The van der Waals surface area contributed by atoms with Gasteiger partial charge in [0.25, 0.3) is 10.0 Å². The van der Waals surface area contributed by atoms with E-state index in [9.17, 15) is 22.7 Å². The van der Waals surface area contributed by atoms with Gasteiger partial charge in [-0.1, -0.05) is 42.5 Å². The number of carbonyl (C=O) groups excluding carboxylic acids is 1. The van der Waals surface area contributed by atoms with Crippen LogP contribution in [0.5, 0.6) is 0 Å². The number of nitrogens with zero attached hydrogens (tertiary/aromatic N) is 1. The highest BCUT2D eigenvalue weighted by atomic mass is 32.2. The summed E-state index contributed by atoms with van der Waals surface area (Å²) in [4.78, 5) is 16.6. The summed E-state index contributed by atoms with van der Waals surface area (Å²) in [6.07, 6.45) is 0.814. The van der Waals surface area contributed by atoms with Crippen molar-refractivity contribution in [1.82, 2.24) is 4.98 Å². The largest absolute Gasteiger partial charge is 0.391 e. The SMILES string of the molecule is O=C(c1ccc(F)cn1)c1ccccc1NS(=O)(=O)c1ccc(NCC(O)Cc2ccccc2)cc1. The number of para-hydroxylation sites is 1. The third kappa shape index (κ3) is 6.32. The number of halogens is 1. The Balaban J connectivity index is 1.43. The van der Waals surface area contributed by atoms with Crippen LogP contribution in [-0.4, -0.2) is 36.9 Å². The Bertz CT molecular complexity index is 1430. The molecule has 0 saturated carbocycles. The number of sulfonamides is 1. The van der Waals surface area contributed by atoms with Crippen molar-refractivity contribution >= 4 is 27.2 Å². The van der Waals surface area contributed by atoms with Crippen molar-refractivity contribution in [2.24, 2.45) is 0 Å². The van der Waals surface area contributed by atoms with Crippen LogP contribution in [0, 0.1) is 5.82 Å². The number of pyridine rings is 1. The fourth-order valence-corrected chi connectivity index (χ4v) is 4.65. The zero-order valence-corrected chi connectivity index (χ0v) is 20.0. The maximum Gasteiger partial charge on any atom is 0.261 e. The monoisotopic (exact) mass is 505 g/mol. The van der Waals surface area contributed by atoms with E-state index in [0.717, 1.165) is 17.8 Å². The van der Waals surface area contributed by atoms with Gasteiger partial charge in [0.05, 0.1) is 22.9 Å². The molecule has 184 valence electrons. The van der Waals surface area contributed by atoms with E-state index in [1.165, 1.54) is 30.3 Å². The van der Waals surface area contributed by atoms with E-state index in [1.807, 2.05) is 30.3 Å². The van der Waals surface area contributed by atoms with Gasteiger partial charge in [0.1, 0.15) is 11.5 Å². The van der Waals surface area contributed by atoms with Gasteiger partial charge in [0, 0.05) is 24.2 Å². The first-order chi connectivity index (χ1) is 17.3. The number of aliphatic hydroxyl groups is 1. The van der Waals surface area contributed by atoms with Crippen LogP contribution in [-0.2, 0) is 16.4 Å². The molecule has 9 heteroatoms. The molecule has 1 aromatic heterocycles. The van der Waals surface area contributed by atoms with Crippen molar-refractivity contribution < 1.29 is 22.7 Å². The summed E-state index contributed by atoms with van der Waals surface area (Å²) < 4.78 is 41.6. The lowest BCUT2D eigenvalue weighted by molar-refractivity contribution is 0.103. The number of aliphatic hydroxyl groups excluding tert-OH is 1. The molecule has 0 spiro atoms. The van der Waals surface area contributed by atoms with Gasteiger partial charge in [-0.2, -0.15) is 0 Å². The molecule has 0 aliphatic rings. The van der Waals surface area contributed by atoms with Gasteiger partial charge in [-0.15, -0.1) is 0 Å². The summed E-state index contributed by atoms with van der Waals surface area (Å²) in [6.45, 7) is 0.298. The number of rotatable bonds is 10. The van der Waals surface area contributed by atoms with Gasteiger partial charge in [0.2, 0.25) is 5.78 Å². The van der Waals surface area contributed by atoms with E-state index in [2.05, 4.69) is 15.0 Å². The first-order valence-electron chi connectivity index (χ1n) is 11.2. The number of benzene rings is 3. The molecule has 0 aliphatic heterocycles. The topological polar surface area (TPSA) is 108 Å². The van der Waals surface area contributed by atoms with Crippen LogP contribution in [0.15, 0.2) is 102 Å². The third-order valence-corrected chi connectivity index (χ3v) is 6.78. The molecule has 3 aromatic carbocycles. The molecule has 4 rings (SSSR count). The molecule has 36 heavy (non-hydrogen) atoms. The Morgan fingerprint density at radius 1 is 0.917 bits per heavy atom. The Kier molecular flexibility index (Phi) is 7.72. The molecular weight excluding hydrogens is 481 g/mol. The van der Waals surface area contributed by atoms with Crippen molar-refractivity contribution in [3.63, 3.8) is 0 Å². The average molecular weight is 506 g/mol. The van der Waals surface area contributed by atoms with Crippen LogP contribution >= 0.6 is 0 Å². The van der Waals surface area contributed by atoms with E-state index in [1.54, 1.807) is 24.3 Å². The second-order valence-electron chi connectivity index (χ2n) is 8.09. The first kappa shape index (κ1) is 25.0. The Labute approximate surface area is 208 Å². The zero-order valence-electron chi connectivity index (χ0n) is 19.1. The van der Waals surface area contributed by atoms with Gasteiger partial charge < -0.3 is 10.4 Å². The summed E-state index contributed by atoms with van der Waals surface area (Å²) in [5, 5.41) is 13.4. The van der Waals surface area contributed by atoms with E-state index >= 15 is 0 Å². The van der Waals surface area contributed by atoms with Gasteiger partial charge in [-0.3, -0.25) is 9.52 Å². The minimum atomic E-state index is -4.01. The number of anilines is 2. The smallest absolute Gasteiger partial charge is 0.261 e. The van der Waals surface area contributed by atoms with Crippen molar-refractivity contribution in [2.45, 2.75) is 17.4 Å².